The van der Waals surface area contributed by atoms with Crippen molar-refractivity contribution >= 4 is 13.7 Å². The average Bonchev–Trinajstić information content (AvgIpc) is 3.04. The van der Waals surface area contributed by atoms with Crippen molar-refractivity contribution in [1.82, 2.24) is 5.32 Å². The Morgan fingerprint density at radius 1 is 0.673 bits per heavy atom. The van der Waals surface area contributed by atoms with Crippen LogP contribution in [0.25, 0.3) is 0 Å². The summed E-state index contributed by atoms with van der Waals surface area (Å²) in [7, 11) is 1.56. The standard InChI is InChI=1S/C40H79N2O6P/c1-6-8-10-12-14-16-17-18-19-20-21-22-23-24-26-28-30-32-34-40(44)41-38(37-48-49(45,46)47-36-35-42(3,4)5)39(43)33-31-29-27-25-15-13-11-9-7-2/h21-22,31,33,38-39,43H,6-20,23-30,32,34-37H2,1-5H3,(H-,41,44,45,46)/p+1/b22-21-,33-31+. The molecular weight excluding hydrogens is 635 g/mol. The van der Waals surface area contributed by atoms with E-state index in [1.807, 2.05) is 27.2 Å². The van der Waals surface area contributed by atoms with Gasteiger partial charge >= 0.3 is 7.82 Å². The molecule has 8 nitrogen and oxygen atoms in total. The Balaban J connectivity index is 4.39. The van der Waals surface area contributed by atoms with E-state index in [0.717, 1.165) is 51.4 Å². The van der Waals surface area contributed by atoms with E-state index in [4.69, 9.17) is 9.05 Å². The number of nitrogens with one attached hydrogen (secondary N) is 1. The number of likely N-dealkylation sites (N-methyl/N-ethyl adjacent to an activating group) is 1. The largest absolute Gasteiger partial charge is 0.472 e. The molecule has 0 saturated heterocycles. The zero-order chi connectivity index (χ0) is 36.5. The van der Waals surface area contributed by atoms with Crippen LogP contribution in [0.2, 0.25) is 0 Å². The summed E-state index contributed by atoms with van der Waals surface area (Å²) in [5, 5.41) is 13.7. The lowest BCUT2D eigenvalue weighted by Crippen LogP contribution is -2.45. The van der Waals surface area contributed by atoms with Crippen LogP contribution in [0, 0.1) is 0 Å². The number of hydrogen-bond acceptors (Lipinski definition) is 5. The van der Waals surface area contributed by atoms with Gasteiger partial charge < -0.3 is 19.8 Å². The van der Waals surface area contributed by atoms with Crippen molar-refractivity contribution in [3.05, 3.63) is 24.3 Å². The molecule has 0 aliphatic rings. The molecule has 0 aromatic carbocycles. The van der Waals surface area contributed by atoms with Crippen molar-refractivity contribution in [2.45, 2.75) is 187 Å². The molecule has 0 rings (SSSR count). The Kier molecular flexibility index (Phi) is 32.2. The second kappa shape index (κ2) is 32.9. The molecule has 0 bridgehead atoms. The first-order chi connectivity index (χ1) is 23.5. The number of unbranched alkanes of at least 4 members (excludes halogenated alkanes) is 21. The Morgan fingerprint density at radius 2 is 1.10 bits per heavy atom. The molecule has 290 valence electrons. The number of phosphoric acid groups is 1. The zero-order valence-corrected chi connectivity index (χ0v) is 33.6. The van der Waals surface area contributed by atoms with Gasteiger partial charge in [-0.1, -0.05) is 147 Å². The van der Waals surface area contributed by atoms with Crippen LogP contribution in [0.15, 0.2) is 24.3 Å². The minimum atomic E-state index is -4.33. The zero-order valence-electron chi connectivity index (χ0n) is 32.7. The van der Waals surface area contributed by atoms with Crippen LogP contribution in [0.1, 0.15) is 174 Å². The lowest BCUT2D eigenvalue weighted by molar-refractivity contribution is -0.870. The van der Waals surface area contributed by atoms with Crippen molar-refractivity contribution in [3.63, 3.8) is 0 Å². The summed E-state index contributed by atoms with van der Waals surface area (Å²) < 4.78 is 23.4. The third-order valence-corrected chi connectivity index (χ3v) is 9.90. The van der Waals surface area contributed by atoms with Crippen LogP contribution in [0.4, 0.5) is 0 Å². The lowest BCUT2D eigenvalue weighted by atomic mass is 10.1. The fourth-order valence-electron chi connectivity index (χ4n) is 5.62. The van der Waals surface area contributed by atoms with Gasteiger partial charge in [0.05, 0.1) is 39.9 Å². The first-order valence-corrected chi connectivity index (χ1v) is 21.7. The second-order valence-corrected chi connectivity index (χ2v) is 16.5. The van der Waals surface area contributed by atoms with Crippen molar-refractivity contribution in [2.75, 3.05) is 40.9 Å². The summed E-state index contributed by atoms with van der Waals surface area (Å²) in [6.07, 6.45) is 36.8. The number of carbonyl (C=O) groups is 1. The van der Waals surface area contributed by atoms with Gasteiger partial charge in [0.15, 0.2) is 0 Å². The monoisotopic (exact) mass is 716 g/mol. The van der Waals surface area contributed by atoms with Crippen LogP contribution >= 0.6 is 7.82 Å². The highest BCUT2D eigenvalue weighted by molar-refractivity contribution is 7.47. The summed E-state index contributed by atoms with van der Waals surface area (Å²) in [5.41, 5.74) is 0. The second-order valence-electron chi connectivity index (χ2n) is 15.0. The molecule has 0 heterocycles. The summed E-state index contributed by atoms with van der Waals surface area (Å²) in [4.78, 5) is 23.0. The first kappa shape index (κ1) is 48.0. The number of carbonyl (C=O) groups excluding carboxylic acids is 1. The highest BCUT2D eigenvalue weighted by atomic mass is 31.2. The number of amides is 1. The molecule has 0 radical (unpaired) electrons. The third kappa shape index (κ3) is 35.2. The fraction of sp³-hybridized carbons (Fsp3) is 0.875. The SMILES string of the molecule is CCCCCCCCC/C=C/C(O)C(COP(=O)(O)OCC[N+](C)(C)C)NC(=O)CCCCCCC/C=C\CCCCCCCCCCC. The summed E-state index contributed by atoms with van der Waals surface area (Å²) in [6, 6.07) is -0.845. The van der Waals surface area contributed by atoms with Gasteiger partial charge in [-0.15, -0.1) is 0 Å². The van der Waals surface area contributed by atoms with Gasteiger partial charge in [-0.25, -0.2) is 4.57 Å². The van der Waals surface area contributed by atoms with Crippen molar-refractivity contribution in [3.8, 4) is 0 Å². The molecule has 3 atom stereocenters. The molecule has 0 spiro atoms. The molecule has 0 aliphatic heterocycles. The van der Waals surface area contributed by atoms with E-state index < -0.39 is 20.0 Å². The molecular formula is C40H80N2O6P+. The van der Waals surface area contributed by atoms with Gasteiger partial charge in [0.2, 0.25) is 5.91 Å². The summed E-state index contributed by atoms with van der Waals surface area (Å²) in [5.74, 6) is -0.189. The predicted molar refractivity (Wildman–Crippen MR) is 208 cm³/mol. The maximum atomic E-state index is 12.8. The molecule has 49 heavy (non-hydrogen) atoms. The number of rotatable bonds is 36. The molecule has 0 fully saturated rings. The molecule has 9 heteroatoms. The molecule has 3 N–H and O–H groups in total. The van der Waals surface area contributed by atoms with Crippen molar-refractivity contribution in [1.29, 1.82) is 0 Å². The van der Waals surface area contributed by atoms with Crippen molar-refractivity contribution in [2.24, 2.45) is 0 Å². The average molecular weight is 716 g/mol. The van der Waals surface area contributed by atoms with Crippen LogP contribution < -0.4 is 5.32 Å². The van der Waals surface area contributed by atoms with E-state index in [0.29, 0.717) is 17.4 Å². The molecule has 0 aliphatic carbocycles. The van der Waals surface area contributed by atoms with Crippen LogP contribution in [-0.2, 0) is 18.4 Å². The lowest BCUT2D eigenvalue weighted by Gasteiger charge is -2.25. The smallest absolute Gasteiger partial charge is 0.387 e. The Bertz CT molecular complexity index is 860. The molecule has 1 amide bonds. The quantitative estimate of drug-likeness (QED) is 0.0258. The number of aliphatic hydroxyl groups is 1. The highest BCUT2D eigenvalue weighted by Crippen LogP contribution is 2.43. The number of aliphatic hydroxyl groups excluding tert-OH is 1. The van der Waals surface area contributed by atoms with Gasteiger partial charge in [0, 0.05) is 6.42 Å². The molecule has 3 unspecified atom stereocenters. The van der Waals surface area contributed by atoms with Gasteiger partial charge in [-0.05, 0) is 44.9 Å². The van der Waals surface area contributed by atoms with Gasteiger partial charge in [0.25, 0.3) is 0 Å². The van der Waals surface area contributed by atoms with E-state index in [2.05, 4.69) is 31.3 Å². The fourth-order valence-corrected chi connectivity index (χ4v) is 6.36. The number of hydrogen-bond donors (Lipinski definition) is 3. The topological polar surface area (TPSA) is 105 Å². The van der Waals surface area contributed by atoms with E-state index in [1.54, 1.807) is 6.08 Å². The Labute approximate surface area is 303 Å². The molecule has 0 aromatic rings. The van der Waals surface area contributed by atoms with Crippen LogP contribution in [-0.4, -0.2) is 73.4 Å². The minimum absolute atomic E-state index is 0.0604. The van der Waals surface area contributed by atoms with Crippen LogP contribution in [0.5, 0.6) is 0 Å². The summed E-state index contributed by atoms with van der Waals surface area (Å²) >= 11 is 0. The number of quaternary nitrogens is 1. The Hall–Kier alpha value is -1.02. The number of nitrogens with zero attached hydrogens (tertiary/aromatic N) is 1. The van der Waals surface area contributed by atoms with Gasteiger partial charge in [-0.2, -0.15) is 0 Å². The number of allylic oxidation sites excluding steroid dienone is 3. The maximum absolute atomic E-state index is 12.8. The predicted octanol–water partition coefficient (Wildman–Crippen LogP) is 10.6. The third-order valence-electron chi connectivity index (χ3n) is 8.92. The normalized spacial score (nSPS) is 14.8. The van der Waals surface area contributed by atoms with Gasteiger partial charge in [0.1, 0.15) is 13.2 Å². The Morgan fingerprint density at radius 3 is 1.57 bits per heavy atom. The van der Waals surface area contributed by atoms with E-state index >= 15 is 0 Å². The minimum Gasteiger partial charge on any atom is -0.387 e. The van der Waals surface area contributed by atoms with E-state index in [9.17, 15) is 19.4 Å². The van der Waals surface area contributed by atoms with Crippen molar-refractivity contribution < 1.29 is 32.9 Å². The molecule has 0 aromatic heterocycles. The highest BCUT2D eigenvalue weighted by Gasteiger charge is 2.27. The van der Waals surface area contributed by atoms with Crippen LogP contribution in [0.3, 0.4) is 0 Å². The van der Waals surface area contributed by atoms with E-state index in [-0.39, 0.29) is 19.1 Å². The number of phosphoric ester groups is 1. The maximum Gasteiger partial charge on any atom is 0.472 e. The first-order valence-electron chi connectivity index (χ1n) is 20.2. The van der Waals surface area contributed by atoms with Gasteiger partial charge in [-0.3, -0.25) is 13.8 Å². The summed E-state index contributed by atoms with van der Waals surface area (Å²) in [6.45, 7) is 4.76. The van der Waals surface area contributed by atoms with E-state index in [1.165, 1.54) is 103 Å². The molecule has 0 saturated carbocycles.